The molecule has 2 heterocycles. The van der Waals surface area contributed by atoms with Gasteiger partial charge in [-0.05, 0) is 69.0 Å². The molecule has 1 saturated heterocycles. The molecule has 1 aliphatic rings. The summed E-state index contributed by atoms with van der Waals surface area (Å²) in [5.41, 5.74) is 3.01. The van der Waals surface area contributed by atoms with E-state index in [9.17, 15) is 18.0 Å². The van der Waals surface area contributed by atoms with Crippen molar-refractivity contribution in [1.29, 1.82) is 0 Å². The zero-order valence-corrected chi connectivity index (χ0v) is 21.6. The molecule has 4 rings (SSSR count). The van der Waals surface area contributed by atoms with E-state index in [1.807, 2.05) is 43.3 Å². The van der Waals surface area contributed by atoms with E-state index in [0.29, 0.717) is 17.0 Å². The number of nitrogens with zero attached hydrogens (tertiary/aromatic N) is 2. The van der Waals surface area contributed by atoms with E-state index in [1.54, 1.807) is 6.07 Å². The maximum atomic E-state index is 13.3. The van der Waals surface area contributed by atoms with Crippen molar-refractivity contribution < 1.29 is 22.7 Å². The average molecular weight is 513 g/mol. The van der Waals surface area contributed by atoms with Crippen molar-refractivity contribution in [1.82, 2.24) is 9.47 Å². The van der Waals surface area contributed by atoms with Crippen LogP contribution in [-0.4, -0.2) is 48.6 Å². The normalized spacial score (nSPS) is 14.9. The fraction of sp³-hybridized carbons (Fsp3) is 0.433. The number of hydrogen-bond donors (Lipinski definition) is 0. The first-order chi connectivity index (χ1) is 17.7. The Labute approximate surface area is 217 Å². The molecule has 1 aliphatic heterocycles. The van der Waals surface area contributed by atoms with Crippen molar-refractivity contribution in [3.05, 3.63) is 83.0 Å². The maximum Gasteiger partial charge on any atom is 0.416 e. The minimum atomic E-state index is -4.43. The molecular formula is C30H35F3N2O2. The third-order valence-corrected chi connectivity index (χ3v) is 7.19. The van der Waals surface area contributed by atoms with Gasteiger partial charge in [0.15, 0.2) is 5.78 Å². The van der Waals surface area contributed by atoms with Crippen molar-refractivity contribution in [3.63, 3.8) is 0 Å². The van der Waals surface area contributed by atoms with Crippen molar-refractivity contribution in [2.24, 2.45) is 5.92 Å². The molecule has 0 amide bonds. The van der Waals surface area contributed by atoms with Gasteiger partial charge in [-0.1, -0.05) is 48.5 Å². The topological polar surface area (TPSA) is 34.5 Å². The van der Waals surface area contributed by atoms with Crippen molar-refractivity contribution in [2.45, 2.75) is 45.3 Å². The van der Waals surface area contributed by atoms with Gasteiger partial charge in [-0.3, -0.25) is 4.79 Å². The van der Waals surface area contributed by atoms with Gasteiger partial charge in [-0.2, -0.15) is 13.2 Å². The van der Waals surface area contributed by atoms with Crippen molar-refractivity contribution in [3.8, 4) is 11.3 Å². The van der Waals surface area contributed by atoms with Crippen LogP contribution in [0.3, 0.4) is 0 Å². The molecule has 0 bridgehead atoms. The Bertz CT molecular complexity index is 1180. The highest BCUT2D eigenvalue weighted by molar-refractivity contribution is 6.00. The first-order valence-corrected chi connectivity index (χ1v) is 12.9. The largest absolute Gasteiger partial charge is 0.416 e. The molecule has 7 heteroatoms. The third-order valence-electron chi connectivity index (χ3n) is 7.19. The fourth-order valence-electron chi connectivity index (χ4n) is 5.16. The number of ether oxygens (including phenoxy) is 1. The molecule has 0 spiro atoms. The molecule has 4 nitrogen and oxygen atoms in total. The number of Topliss-reactive ketones (excluding diaryl/α,β-unsaturated/α-hetero) is 1. The lowest BCUT2D eigenvalue weighted by molar-refractivity contribution is -0.137. The van der Waals surface area contributed by atoms with E-state index in [1.165, 1.54) is 6.07 Å². The molecule has 0 unspecified atom stereocenters. The lowest BCUT2D eigenvalue weighted by atomic mass is 10.00. The van der Waals surface area contributed by atoms with Gasteiger partial charge in [-0.15, -0.1) is 0 Å². The summed E-state index contributed by atoms with van der Waals surface area (Å²) in [6.45, 7) is 6.37. The zero-order valence-electron chi connectivity index (χ0n) is 21.6. The number of alkyl halides is 3. The number of aromatic nitrogens is 1. The van der Waals surface area contributed by atoms with E-state index in [4.69, 9.17) is 4.74 Å². The zero-order chi connectivity index (χ0) is 26.4. The van der Waals surface area contributed by atoms with Gasteiger partial charge in [0.1, 0.15) is 0 Å². The quantitative estimate of drug-likeness (QED) is 0.285. The molecule has 0 atom stereocenters. The molecule has 0 aliphatic carbocycles. The predicted octanol–water partition coefficient (Wildman–Crippen LogP) is 6.66. The molecule has 37 heavy (non-hydrogen) atoms. The summed E-state index contributed by atoms with van der Waals surface area (Å²) in [7, 11) is 2.15. The van der Waals surface area contributed by atoms with Crippen LogP contribution >= 0.6 is 0 Å². The van der Waals surface area contributed by atoms with E-state index in [2.05, 4.69) is 16.5 Å². The summed E-state index contributed by atoms with van der Waals surface area (Å²) in [4.78, 5) is 15.7. The van der Waals surface area contributed by atoms with Crippen LogP contribution in [0.5, 0.6) is 0 Å². The Morgan fingerprint density at radius 1 is 1.05 bits per heavy atom. The van der Waals surface area contributed by atoms with Gasteiger partial charge in [-0.25, -0.2) is 0 Å². The van der Waals surface area contributed by atoms with Crippen LogP contribution in [0.25, 0.3) is 11.3 Å². The first-order valence-electron chi connectivity index (χ1n) is 12.9. The van der Waals surface area contributed by atoms with Crippen LogP contribution in [-0.2, 0) is 23.9 Å². The Morgan fingerprint density at radius 3 is 2.49 bits per heavy atom. The molecule has 3 aromatic rings. The third kappa shape index (κ3) is 7.11. The molecule has 0 N–H and O–H groups in total. The number of carbonyl (C=O) groups is 1. The van der Waals surface area contributed by atoms with E-state index in [0.717, 1.165) is 81.2 Å². The molecule has 1 fully saturated rings. The van der Waals surface area contributed by atoms with Gasteiger partial charge in [0.25, 0.3) is 0 Å². The number of halogens is 3. The molecule has 2 aromatic carbocycles. The van der Waals surface area contributed by atoms with E-state index in [-0.39, 0.29) is 12.2 Å². The Hall–Kier alpha value is -2.90. The molecule has 198 valence electrons. The second-order valence-corrected chi connectivity index (χ2v) is 10.0. The van der Waals surface area contributed by atoms with E-state index >= 15 is 0 Å². The van der Waals surface area contributed by atoms with E-state index < -0.39 is 11.7 Å². The molecule has 0 saturated carbocycles. The first kappa shape index (κ1) is 27.1. The second-order valence-electron chi connectivity index (χ2n) is 10.0. The van der Waals surface area contributed by atoms with Crippen LogP contribution in [0.4, 0.5) is 13.2 Å². The number of hydrogen-bond acceptors (Lipinski definition) is 3. The van der Waals surface area contributed by atoms with Crippen LogP contribution in [0.1, 0.15) is 46.4 Å². The van der Waals surface area contributed by atoms with Gasteiger partial charge < -0.3 is 14.2 Å². The van der Waals surface area contributed by atoms with Gasteiger partial charge in [0.05, 0.1) is 5.56 Å². The summed E-state index contributed by atoms with van der Waals surface area (Å²) in [6.07, 6.45) is -1.36. The van der Waals surface area contributed by atoms with Crippen LogP contribution in [0, 0.1) is 12.8 Å². The minimum Gasteiger partial charge on any atom is -0.381 e. The summed E-state index contributed by atoms with van der Waals surface area (Å²) >= 11 is 0. The number of carbonyl (C=O) groups excluding carboxylic acids is 1. The smallest absolute Gasteiger partial charge is 0.381 e. The number of rotatable bonds is 10. The summed E-state index contributed by atoms with van der Waals surface area (Å²) in [6, 6.07) is 16.8. The summed E-state index contributed by atoms with van der Waals surface area (Å²) in [5.74, 6) is 0.497. The lowest BCUT2D eigenvalue weighted by Gasteiger charge is -2.27. The number of benzene rings is 2. The second kappa shape index (κ2) is 12.1. The summed E-state index contributed by atoms with van der Waals surface area (Å²) < 4.78 is 47.1. The maximum absolute atomic E-state index is 13.3. The van der Waals surface area contributed by atoms with Gasteiger partial charge in [0.2, 0.25) is 0 Å². The Kier molecular flexibility index (Phi) is 8.87. The van der Waals surface area contributed by atoms with Gasteiger partial charge in [0, 0.05) is 49.7 Å². The number of ketones is 1. The Morgan fingerprint density at radius 2 is 1.78 bits per heavy atom. The summed E-state index contributed by atoms with van der Waals surface area (Å²) in [5, 5.41) is 0. The highest BCUT2D eigenvalue weighted by Crippen LogP contribution is 2.31. The van der Waals surface area contributed by atoms with Crippen LogP contribution in [0.15, 0.2) is 60.7 Å². The molecule has 1 aromatic heterocycles. The molecular weight excluding hydrogens is 477 g/mol. The highest BCUT2D eigenvalue weighted by Gasteiger charge is 2.30. The standard InChI is InChI=1S/C30H35F3N2O2/c1-22-27(29(36)19-24-8-6-11-26(18-24)30(31,32)33)20-28(25-9-4-3-5-10-25)35(22)15-7-14-34(2)21-23-12-16-37-17-13-23/h3-6,8-11,18,20,23H,7,12-17,19,21H2,1-2H3. The van der Waals surface area contributed by atoms with Crippen LogP contribution < -0.4 is 0 Å². The van der Waals surface area contributed by atoms with Crippen molar-refractivity contribution in [2.75, 3.05) is 33.4 Å². The molecule has 0 radical (unpaired) electrons. The average Bonchev–Trinajstić information content (AvgIpc) is 3.21. The monoisotopic (exact) mass is 512 g/mol. The predicted molar refractivity (Wildman–Crippen MR) is 140 cm³/mol. The minimum absolute atomic E-state index is 0.0726. The lowest BCUT2D eigenvalue weighted by Crippen LogP contribution is -2.30. The van der Waals surface area contributed by atoms with Crippen molar-refractivity contribution >= 4 is 5.78 Å². The SMILES string of the molecule is Cc1c(C(=O)Cc2cccc(C(F)(F)F)c2)cc(-c2ccccc2)n1CCCN(C)CC1CCOCC1. The highest BCUT2D eigenvalue weighted by atomic mass is 19.4. The van der Waals surface area contributed by atoms with Crippen LogP contribution in [0.2, 0.25) is 0 Å². The fourth-order valence-corrected chi connectivity index (χ4v) is 5.16. The van der Waals surface area contributed by atoms with Gasteiger partial charge >= 0.3 is 6.18 Å². The Balaban J connectivity index is 1.50.